The molecule has 0 fully saturated rings. The number of aromatic nitrogens is 2. The lowest BCUT2D eigenvalue weighted by Crippen LogP contribution is -1.88. The number of rotatable bonds is 2. The average molecular weight is 333 g/mol. The number of halogens is 1. The van der Waals surface area contributed by atoms with Crippen LogP contribution in [-0.2, 0) is 0 Å². The monoisotopic (exact) mass is 332 g/mol. The van der Waals surface area contributed by atoms with Gasteiger partial charge >= 0.3 is 0 Å². The number of nitrogen functional groups attached to an aromatic ring is 1. The summed E-state index contributed by atoms with van der Waals surface area (Å²) >= 11 is 3.33. The largest absolute Gasteiger partial charge is 0.398 e. The number of hydrogen-bond acceptors (Lipinski definition) is 4. The third-order valence-corrected chi connectivity index (χ3v) is 3.67. The second kappa shape index (κ2) is 4.61. The highest BCUT2D eigenvalue weighted by atomic mass is 79.9. The summed E-state index contributed by atoms with van der Waals surface area (Å²) in [5.74, 6) is 0.625. The number of hydrogen-bond donors (Lipinski definition) is 2. The van der Waals surface area contributed by atoms with Crippen LogP contribution in [0.4, 0.5) is 11.4 Å². The molecule has 0 atom stereocenters. The molecule has 6 nitrogen and oxygen atoms in total. The average Bonchev–Trinajstić information content (AvgIpc) is 2.84. The van der Waals surface area contributed by atoms with Crippen LogP contribution in [0.2, 0.25) is 0 Å². The fraction of sp³-hybridized carbons (Fsp3) is 0. The van der Waals surface area contributed by atoms with Crippen LogP contribution in [0.5, 0.6) is 0 Å². The van der Waals surface area contributed by atoms with Gasteiger partial charge in [-0.25, -0.2) is 4.98 Å². The molecule has 0 unspecified atom stereocenters. The van der Waals surface area contributed by atoms with E-state index in [1.165, 1.54) is 12.1 Å². The minimum absolute atomic E-state index is 0.0306. The molecule has 0 aliphatic heterocycles. The minimum atomic E-state index is -0.433. The summed E-state index contributed by atoms with van der Waals surface area (Å²) in [6, 6.07) is 10.0. The minimum Gasteiger partial charge on any atom is -0.398 e. The number of benzene rings is 2. The van der Waals surface area contributed by atoms with Crippen LogP contribution >= 0.6 is 15.9 Å². The molecule has 0 radical (unpaired) electrons. The summed E-state index contributed by atoms with van der Waals surface area (Å²) < 4.78 is 0.813. The topological polar surface area (TPSA) is 97.8 Å². The first-order valence-electron chi connectivity index (χ1n) is 5.74. The van der Waals surface area contributed by atoms with Gasteiger partial charge in [0.05, 0.1) is 16.0 Å². The summed E-state index contributed by atoms with van der Waals surface area (Å²) in [7, 11) is 0. The Hall–Kier alpha value is -2.41. The fourth-order valence-electron chi connectivity index (χ4n) is 1.94. The predicted molar refractivity (Wildman–Crippen MR) is 80.3 cm³/mol. The lowest BCUT2D eigenvalue weighted by atomic mass is 10.2. The Morgan fingerprint density at radius 3 is 2.75 bits per heavy atom. The second-order valence-corrected chi connectivity index (χ2v) is 5.13. The summed E-state index contributed by atoms with van der Waals surface area (Å²) in [5.41, 5.74) is 8.59. The van der Waals surface area contributed by atoms with Crippen molar-refractivity contribution in [1.82, 2.24) is 9.97 Å². The van der Waals surface area contributed by atoms with Crippen molar-refractivity contribution in [3.8, 4) is 11.4 Å². The lowest BCUT2D eigenvalue weighted by molar-refractivity contribution is -0.384. The van der Waals surface area contributed by atoms with Crippen molar-refractivity contribution >= 4 is 38.3 Å². The first-order valence-corrected chi connectivity index (χ1v) is 6.53. The molecule has 0 aliphatic rings. The molecule has 0 amide bonds. The molecule has 7 heteroatoms. The molecule has 3 aromatic rings. The lowest BCUT2D eigenvalue weighted by Gasteiger charge is -2.00. The summed E-state index contributed by atoms with van der Waals surface area (Å²) in [4.78, 5) is 17.8. The molecule has 2 aromatic carbocycles. The van der Waals surface area contributed by atoms with Gasteiger partial charge in [-0.15, -0.1) is 0 Å². The van der Waals surface area contributed by atoms with E-state index >= 15 is 0 Å². The van der Waals surface area contributed by atoms with Gasteiger partial charge < -0.3 is 10.7 Å². The van der Waals surface area contributed by atoms with E-state index < -0.39 is 4.92 Å². The zero-order chi connectivity index (χ0) is 14.3. The Bertz CT molecular complexity index is 828. The standard InChI is InChI=1S/C13H9BrN4O2/c14-9-3-1-7(5-10(9)15)13-16-11-4-2-8(18(19)20)6-12(11)17-13/h1-6H,15H2,(H,16,17). The number of imidazole rings is 1. The van der Waals surface area contributed by atoms with Crippen molar-refractivity contribution in [1.29, 1.82) is 0 Å². The van der Waals surface area contributed by atoms with Crippen LogP contribution in [0.3, 0.4) is 0 Å². The molecule has 3 rings (SSSR count). The molecular weight excluding hydrogens is 324 g/mol. The Morgan fingerprint density at radius 1 is 1.25 bits per heavy atom. The van der Waals surface area contributed by atoms with E-state index in [-0.39, 0.29) is 5.69 Å². The highest BCUT2D eigenvalue weighted by molar-refractivity contribution is 9.10. The molecule has 100 valence electrons. The molecule has 1 heterocycles. The number of nitrogens with one attached hydrogen (secondary N) is 1. The van der Waals surface area contributed by atoms with E-state index in [9.17, 15) is 10.1 Å². The number of nitro groups is 1. The molecule has 0 saturated carbocycles. The quantitative estimate of drug-likeness (QED) is 0.426. The number of nitro benzene ring substituents is 1. The number of fused-ring (bicyclic) bond motifs is 1. The van der Waals surface area contributed by atoms with E-state index in [4.69, 9.17) is 5.73 Å². The normalized spacial score (nSPS) is 10.8. The number of non-ortho nitro benzene ring substituents is 1. The number of aromatic amines is 1. The first kappa shape index (κ1) is 12.6. The molecule has 0 bridgehead atoms. The van der Waals surface area contributed by atoms with Gasteiger partial charge in [0.15, 0.2) is 0 Å². The zero-order valence-corrected chi connectivity index (χ0v) is 11.7. The number of nitrogens with zero attached hydrogens (tertiary/aromatic N) is 2. The number of nitrogens with two attached hydrogens (primary N) is 1. The van der Waals surface area contributed by atoms with Gasteiger partial charge in [0.2, 0.25) is 0 Å². The van der Waals surface area contributed by atoms with Crippen LogP contribution in [0, 0.1) is 10.1 Å². The molecule has 1 aromatic heterocycles. The van der Waals surface area contributed by atoms with Gasteiger partial charge in [-0.2, -0.15) is 0 Å². The Labute approximate surface area is 121 Å². The Kier molecular flexibility index (Phi) is 2.90. The molecular formula is C13H9BrN4O2. The van der Waals surface area contributed by atoms with Crippen molar-refractivity contribution in [3.63, 3.8) is 0 Å². The van der Waals surface area contributed by atoms with Crippen molar-refractivity contribution < 1.29 is 4.92 Å². The second-order valence-electron chi connectivity index (χ2n) is 4.28. The molecule has 3 N–H and O–H groups in total. The van der Waals surface area contributed by atoms with Crippen LogP contribution in [0.15, 0.2) is 40.9 Å². The van der Waals surface area contributed by atoms with Crippen molar-refractivity contribution in [2.75, 3.05) is 5.73 Å². The summed E-state index contributed by atoms with van der Waals surface area (Å²) in [6.45, 7) is 0. The maximum atomic E-state index is 10.8. The fourth-order valence-corrected chi connectivity index (χ4v) is 2.19. The first-order chi connectivity index (χ1) is 9.54. The molecule has 0 spiro atoms. The van der Waals surface area contributed by atoms with Gasteiger partial charge in [-0.1, -0.05) is 0 Å². The van der Waals surface area contributed by atoms with Gasteiger partial charge in [0.25, 0.3) is 5.69 Å². The van der Waals surface area contributed by atoms with Crippen LogP contribution < -0.4 is 5.73 Å². The van der Waals surface area contributed by atoms with Crippen LogP contribution in [0.1, 0.15) is 0 Å². The van der Waals surface area contributed by atoms with Gasteiger partial charge in [0, 0.05) is 27.9 Å². The molecule has 20 heavy (non-hydrogen) atoms. The van der Waals surface area contributed by atoms with Crippen LogP contribution in [-0.4, -0.2) is 14.9 Å². The number of H-pyrrole nitrogens is 1. The zero-order valence-electron chi connectivity index (χ0n) is 10.1. The van der Waals surface area contributed by atoms with Crippen LogP contribution in [0.25, 0.3) is 22.4 Å². The maximum absolute atomic E-state index is 10.8. The van der Waals surface area contributed by atoms with Gasteiger partial charge in [-0.05, 0) is 40.2 Å². The third-order valence-electron chi connectivity index (χ3n) is 2.95. The summed E-state index contributed by atoms with van der Waals surface area (Å²) in [5, 5.41) is 10.8. The van der Waals surface area contributed by atoms with Crippen molar-refractivity contribution in [2.24, 2.45) is 0 Å². The highest BCUT2D eigenvalue weighted by Gasteiger charge is 2.11. The van der Waals surface area contributed by atoms with Crippen molar-refractivity contribution in [2.45, 2.75) is 0 Å². The summed E-state index contributed by atoms with van der Waals surface area (Å²) in [6.07, 6.45) is 0. The van der Waals surface area contributed by atoms with E-state index in [0.29, 0.717) is 22.5 Å². The maximum Gasteiger partial charge on any atom is 0.271 e. The van der Waals surface area contributed by atoms with E-state index in [1.807, 2.05) is 12.1 Å². The predicted octanol–water partition coefficient (Wildman–Crippen LogP) is 3.48. The highest BCUT2D eigenvalue weighted by Crippen LogP contribution is 2.28. The number of anilines is 1. The Balaban J connectivity index is 2.12. The third kappa shape index (κ3) is 2.12. The van der Waals surface area contributed by atoms with E-state index in [2.05, 4.69) is 25.9 Å². The van der Waals surface area contributed by atoms with E-state index in [1.54, 1.807) is 12.1 Å². The Morgan fingerprint density at radius 2 is 2.05 bits per heavy atom. The van der Waals surface area contributed by atoms with Gasteiger partial charge in [-0.3, -0.25) is 10.1 Å². The van der Waals surface area contributed by atoms with Crippen molar-refractivity contribution in [3.05, 3.63) is 51.0 Å². The van der Waals surface area contributed by atoms with E-state index in [0.717, 1.165) is 10.0 Å². The van der Waals surface area contributed by atoms with Gasteiger partial charge in [0.1, 0.15) is 5.82 Å². The SMILES string of the molecule is Nc1cc(-c2nc3ccc([N+](=O)[O-])cc3[nH]2)ccc1Br. The molecule has 0 aliphatic carbocycles. The smallest absolute Gasteiger partial charge is 0.271 e. The molecule has 0 saturated heterocycles.